The van der Waals surface area contributed by atoms with Gasteiger partial charge in [-0.25, -0.2) is 4.39 Å². The van der Waals surface area contributed by atoms with E-state index in [1.54, 1.807) is 25.4 Å². The Kier molecular flexibility index (Phi) is 4.85. The number of hydrogen-bond donors (Lipinski definition) is 0. The fourth-order valence-corrected chi connectivity index (χ4v) is 1.92. The van der Waals surface area contributed by atoms with E-state index in [9.17, 15) is 9.18 Å². The molecule has 2 rings (SSSR count). The maximum Gasteiger partial charge on any atom is 0.260 e. The lowest BCUT2D eigenvalue weighted by atomic mass is 10.2. The molecule has 0 bridgehead atoms. The zero-order valence-electron chi connectivity index (χ0n) is 11.7. The Labute approximate surface area is 127 Å². The molecule has 0 aliphatic rings. The molecule has 4 nitrogen and oxygen atoms in total. The van der Waals surface area contributed by atoms with Crippen molar-refractivity contribution in [2.24, 2.45) is 0 Å². The van der Waals surface area contributed by atoms with E-state index in [4.69, 9.17) is 20.8 Å². The van der Waals surface area contributed by atoms with E-state index in [-0.39, 0.29) is 23.6 Å². The molecule has 1 atom stereocenters. The van der Waals surface area contributed by atoms with E-state index in [2.05, 4.69) is 0 Å². The Balaban J connectivity index is 1.93. The summed E-state index contributed by atoms with van der Waals surface area (Å²) in [4.78, 5) is 13.6. The Morgan fingerprint density at radius 1 is 1.48 bits per heavy atom. The molecule has 6 heteroatoms. The van der Waals surface area contributed by atoms with Crippen LogP contribution in [0.4, 0.5) is 4.39 Å². The number of rotatable bonds is 5. The van der Waals surface area contributed by atoms with Gasteiger partial charge in [0.25, 0.3) is 5.91 Å². The van der Waals surface area contributed by atoms with Gasteiger partial charge in [0.15, 0.2) is 6.61 Å². The molecule has 0 saturated carbocycles. The molecule has 0 fully saturated rings. The first kappa shape index (κ1) is 15.4. The molecule has 2 aromatic rings. The van der Waals surface area contributed by atoms with Crippen LogP contribution in [0.25, 0.3) is 0 Å². The molecule has 0 N–H and O–H groups in total. The van der Waals surface area contributed by atoms with Crippen molar-refractivity contribution >= 4 is 17.5 Å². The molecular formula is C15H15ClFNO3. The van der Waals surface area contributed by atoms with Crippen LogP contribution in [0.2, 0.25) is 5.02 Å². The highest BCUT2D eigenvalue weighted by Crippen LogP contribution is 2.22. The van der Waals surface area contributed by atoms with Gasteiger partial charge in [-0.1, -0.05) is 11.6 Å². The summed E-state index contributed by atoms with van der Waals surface area (Å²) >= 11 is 5.65. The third kappa shape index (κ3) is 3.76. The normalized spacial score (nSPS) is 12.0. The van der Waals surface area contributed by atoms with Gasteiger partial charge in [0, 0.05) is 13.1 Å². The summed E-state index contributed by atoms with van der Waals surface area (Å²) in [5.41, 5.74) is 0. The summed E-state index contributed by atoms with van der Waals surface area (Å²) in [6, 6.07) is 7.31. The number of likely N-dealkylation sites (N-methyl/N-ethyl adjacent to an activating group) is 1. The number of nitrogens with zero attached hydrogens (tertiary/aromatic N) is 1. The van der Waals surface area contributed by atoms with Crippen molar-refractivity contribution in [3.05, 3.63) is 53.2 Å². The fourth-order valence-electron chi connectivity index (χ4n) is 1.75. The number of halogens is 2. The predicted octanol–water partition coefficient (Wildman–Crippen LogP) is 3.67. The Morgan fingerprint density at radius 3 is 2.86 bits per heavy atom. The predicted molar refractivity (Wildman–Crippen MR) is 76.8 cm³/mol. The van der Waals surface area contributed by atoms with Crippen molar-refractivity contribution in [1.29, 1.82) is 0 Å². The minimum atomic E-state index is -0.529. The molecule has 0 spiro atoms. The van der Waals surface area contributed by atoms with Crippen molar-refractivity contribution in [2.45, 2.75) is 13.0 Å². The number of ether oxygens (including phenoxy) is 1. The SMILES string of the molecule is CC(c1ccco1)N(C)C(=O)COc1ccc(F)c(Cl)c1. The van der Waals surface area contributed by atoms with Gasteiger partial charge < -0.3 is 14.1 Å². The Bertz CT molecular complexity index is 615. The first-order chi connectivity index (χ1) is 9.99. The lowest BCUT2D eigenvalue weighted by Crippen LogP contribution is -2.33. The summed E-state index contributed by atoms with van der Waals surface area (Å²) in [6.45, 7) is 1.69. The van der Waals surface area contributed by atoms with Crippen molar-refractivity contribution in [3.8, 4) is 5.75 Å². The van der Waals surface area contributed by atoms with Crippen molar-refractivity contribution in [3.63, 3.8) is 0 Å². The van der Waals surface area contributed by atoms with Gasteiger partial charge in [0.2, 0.25) is 0 Å². The van der Waals surface area contributed by atoms with Gasteiger partial charge in [0.1, 0.15) is 17.3 Å². The maximum atomic E-state index is 13.0. The lowest BCUT2D eigenvalue weighted by Gasteiger charge is -2.23. The third-order valence-electron chi connectivity index (χ3n) is 3.18. The minimum absolute atomic E-state index is 0.0442. The minimum Gasteiger partial charge on any atom is -0.484 e. The summed E-state index contributed by atoms with van der Waals surface area (Å²) in [6.07, 6.45) is 1.56. The lowest BCUT2D eigenvalue weighted by molar-refractivity contribution is -0.134. The van der Waals surface area contributed by atoms with Gasteiger partial charge in [-0.05, 0) is 31.2 Å². The summed E-state index contributed by atoms with van der Waals surface area (Å²) in [5, 5.41) is -0.0442. The van der Waals surface area contributed by atoms with Gasteiger partial charge in [0.05, 0.1) is 17.3 Å². The fraction of sp³-hybridized carbons (Fsp3) is 0.267. The monoisotopic (exact) mass is 311 g/mol. The van der Waals surface area contributed by atoms with E-state index in [1.165, 1.54) is 23.1 Å². The largest absolute Gasteiger partial charge is 0.484 e. The Morgan fingerprint density at radius 2 is 2.24 bits per heavy atom. The molecule has 1 aromatic carbocycles. The van der Waals surface area contributed by atoms with Crippen LogP contribution in [-0.4, -0.2) is 24.5 Å². The highest BCUT2D eigenvalue weighted by atomic mass is 35.5. The van der Waals surface area contributed by atoms with Crippen molar-refractivity contribution in [2.75, 3.05) is 13.7 Å². The van der Waals surface area contributed by atoms with Gasteiger partial charge in [-0.3, -0.25) is 4.79 Å². The third-order valence-corrected chi connectivity index (χ3v) is 3.47. The number of benzene rings is 1. The van der Waals surface area contributed by atoms with Crippen LogP contribution in [0.3, 0.4) is 0 Å². The van der Waals surface area contributed by atoms with Crippen LogP contribution in [-0.2, 0) is 4.79 Å². The van der Waals surface area contributed by atoms with Crippen LogP contribution in [0.1, 0.15) is 18.7 Å². The Hall–Kier alpha value is -2.01. The zero-order valence-corrected chi connectivity index (χ0v) is 12.4. The highest BCUT2D eigenvalue weighted by Gasteiger charge is 2.19. The molecule has 0 aliphatic carbocycles. The number of hydrogen-bond acceptors (Lipinski definition) is 3. The quantitative estimate of drug-likeness (QED) is 0.846. The number of amides is 1. The summed E-state index contributed by atoms with van der Waals surface area (Å²) in [7, 11) is 1.66. The van der Waals surface area contributed by atoms with E-state index in [1.807, 2.05) is 6.92 Å². The van der Waals surface area contributed by atoms with Crippen molar-refractivity contribution in [1.82, 2.24) is 4.90 Å². The van der Waals surface area contributed by atoms with Gasteiger partial charge in [-0.15, -0.1) is 0 Å². The van der Waals surface area contributed by atoms with Crippen LogP contribution in [0.5, 0.6) is 5.75 Å². The molecule has 0 radical (unpaired) electrons. The molecule has 1 heterocycles. The molecule has 112 valence electrons. The van der Waals surface area contributed by atoms with E-state index in [0.717, 1.165) is 0 Å². The smallest absolute Gasteiger partial charge is 0.260 e. The summed E-state index contributed by atoms with van der Waals surface area (Å²) < 4.78 is 23.6. The average molecular weight is 312 g/mol. The zero-order chi connectivity index (χ0) is 15.4. The van der Waals surface area contributed by atoms with Gasteiger partial charge in [-0.2, -0.15) is 0 Å². The van der Waals surface area contributed by atoms with E-state index >= 15 is 0 Å². The summed E-state index contributed by atoms with van der Waals surface area (Å²) in [5.74, 6) is 0.280. The topological polar surface area (TPSA) is 42.7 Å². The number of carbonyl (C=O) groups is 1. The van der Waals surface area contributed by atoms with E-state index < -0.39 is 5.82 Å². The molecule has 1 unspecified atom stereocenters. The average Bonchev–Trinajstić information content (AvgIpc) is 3.00. The van der Waals surface area contributed by atoms with Crippen LogP contribution >= 0.6 is 11.6 Å². The second kappa shape index (κ2) is 6.63. The first-order valence-electron chi connectivity index (χ1n) is 6.36. The van der Waals surface area contributed by atoms with Crippen LogP contribution in [0.15, 0.2) is 41.0 Å². The van der Waals surface area contributed by atoms with Crippen LogP contribution in [0, 0.1) is 5.82 Å². The number of carbonyl (C=O) groups excluding carboxylic acids is 1. The highest BCUT2D eigenvalue weighted by molar-refractivity contribution is 6.30. The number of furan rings is 1. The second-order valence-corrected chi connectivity index (χ2v) is 4.97. The second-order valence-electron chi connectivity index (χ2n) is 4.56. The molecule has 1 amide bonds. The first-order valence-corrected chi connectivity index (χ1v) is 6.73. The standard InChI is InChI=1S/C15H15ClFNO3/c1-10(14-4-3-7-20-14)18(2)15(19)9-21-11-5-6-13(17)12(16)8-11/h3-8,10H,9H2,1-2H3. The molecule has 0 aliphatic heterocycles. The van der Waals surface area contributed by atoms with Gasteiger partial charge >= 0.3 is 0 Å². The molecule has 1 aromatic heterocycles. The molecular weight excluding hydrogens is 297 g/mol. The van der Waals surface area contributed by atoms with E-state index in [0.29, 0.717) is 11.5 Å². The van der Waals surface area contributed by atoms with Crippen molar-refractivity contribution < 1.29 is 18.3 Å². The maximum absolute atomic E-state index is 13.0. The van der Waals surface area contributed by atoms with Crippen LogP contribution < -0.4 is 4.74 Å². The molecule has 21 heavy (non-hydrogen) atoms. The molecule has 0 saturated heterocycles.